The summed E-state index contributed by atoms with van der Waals surface area (Å²) < 4.78 is 21.7. The fraction of sp³-hybridized carbons (Fsp3) is 0.167. The monoisotopic (exact) mass is 503 g/mol. The van der Waals surface area contributed by atoms with Crippen LogP contribution in [0.5, 0.6) is 5.75 Å². The van der Waals surface area contributed by atoms with E-state index in [1.807, 2.05) is 12.1 Å². The number of anilines is 1. The number of nitriles is 2. The van der Waals surface area contributed by atoms with E-state index in [4.69, 9.17) is 15.4 Å². The van der Waals surface area contributed by atoms with E-state index in [2.05, 4.69) is 10.3 Å². The molecule has 0 aliphatic heterocycles. The molecule has 0 fully saturated rings. The molecule has 0 spiro atoms. The predicted molar refractivity (Wildman–Crippen MR) is 134 cm³/mol. The first kappa shape index (κ1) is 24.3. The maximum atomic E-state index is 14.2. The maximum absolute atomic E-state index is 14.2. The summed E-state index contributed by atoms with van der Waals surface area (Å²) in [7, 11) is 2.89. The number of rotatable bonds is 7. The number of methoxy groups -OCH3 is 1. The first-order valence-corrected chi connectivity index (χ1v) is 11.3. The van der Waals surface area contributed by atoms with Crippen LogP contribution >= 0.6 is 11.3 Å². The van der Waals surface area contributed by atoms with Crippen molar-refractivity contribution in [2.45, 2.75) is 13.0 Å². The van der Waals surface area contributed by atoms with Crippen LogP contribution < -0.4 is 21.3 Å². The lowest BCUT2D eigenvalue weighted by molar-refractivity contribution is 0.386. The zero-order chi connectivity index (χ0) is 26.0. The summed E-state index contributed by atoms with van der Waals surface area (Å²) in [5, 5.41) is 29.3. The third kappa shape index (κ3) is 3.89. The summed E-state index contributed by atoms with van der Waals surface area (Å²) in [6, 6.07) is 7.94. The van der Waals surface area contributed by atoms with Gasteiger partial charge < -0.3 is 15.5 Å². The van der Waals surface area contributed by atoms with Gasteiger partial charge in [0.25, 0.3) is 5.56 Å². The highest BCUT2D eigenvalue weighted by Crippen LogP contribution is 2.36. The second-order valence-electron chi connectivity index (χ2n) is 7.47. The molecule has 3 aromatic heterocycles. The topological polar surface area (TPSA) is 150 Å². The van der Waals surface area contributed by atoms with Gasteiger partial charge in [-0.15, -0.1) is 11.3 Å². The smallest absolute Gasteiger partial charge is 0.336 e. The molecule has 0 bridgehead atoms. The summed E-state index contributed by atoms with van der Waals surface area (Å²) in [6.07, 6.45) is 3.82. The average molecular weight is 504 g/mol. The minimum atomic E-state index is -0.703. The fourth-order valence-corrected chi connectivity index (χ4v) is 5.01. The minimum Gasteiger partial charge on any atom is -0.494 e. The lowest BCUT2D eigenvalue weighted by Gasteiger charge is -2.15. The van der Waals surface area contributed by atoms with Crippen LogP contribution in [0.25, 0.3) is 26.3 Å². The Labute approximate surface area is 207 Å². The summed E-state index contributed by atoms with van der Waals surface area (Å²) >= 11 is 1.03. The Bertz CT molecular complexity index is 1720. The van der Waals surface area contributed by atoms with E-state index in [-0.39, 0.29) is 40.2 Å². The van der Waals surface area contributed by atoms with Gasteiger partial charge in [0.2, 0.25) is 0 Å². The number of ether oxygens (including phenoxy) is 1. The van der Waals surface area contributed by atoms with Gasteiger partial charge in [-0.25, -0.2) is 13.8 Å². The average Bonchev–Trinajstić information content (AvgIpc) is 3.33. The zero-order valence-electron chi connectivity index (χ0n) is 19.1. The van der Waals surface area contributed by atoms with Crippen molar-refractivity contribution in [3.63, 3.8) is 0 Å². The molecular weight excluding hydrogens is 485 g/mol. The number of nitrogens with zero attached hydrogens (tertiary/aromatic N) is 5. The molecular formula is C24H18FN7O3S. The standard InChI is InChI=1S/C24H18FN7O3S/c1-29-21-14(10-28)11-30-12-18(21)32-23(33)22-17(31(24(32)34)5-3-4-26)8-20(36-22)15-7-19(35-2)16(25)6-13(15)9-27/h6-8,10-12,28H,3,5H2,1-2H3,(H,29,30). The summed E-state index contributed by atoms with van der Waals surface area (Å²) in [6.45, 7) is 0.00666. The second-order valence-corrected chi connectivity index (χ2v) is 8.52. The Morgan fingerprint density at radius 3 is 2.69 bits per heavy atom. The van der Waals surface area contributed by atoms with E-state index < -0.39 is 17.1 Å². The molecule has 1 aromatic carbocycles. The Kier molecular flexibility index (Phi) is 6.63. The van der Waals surface area contributed by atoms with Crippen molar-refractivity contribution in [1.29, 1.82) is 15.9 Å². The van der Waals surface area contributed by atoms with Gasteiger partial charge in [-0.3, -0.25) is 14.3 Å². The van der Waals surface area contributed by atoms with Crippen molar-refractivity contribution >= 4 is 33.5 Å². The molecule has 0 atom stereocenters. The Hall–Kier alpha value is -4.81. The first-order chi connectivity index (χ1) is 17.4. The highest BCUT2D eigenvalue weighted by molar-refractivity contribution is 7.22. The summed E-state index contributed by atoms with van der Waals surface area (Å²) in [5.41, 5.74) is 0.211. The van der Waals surface area contributed by atoms with Crippen molar-refractivity contribution in [1.82, 2.24) is 14.1 Å². The number of pyridine rings is 1. The van der Waals surface area contributed by atoms with E-state index >= 15 is 0 Å². The number of hydrogen-bond acceptors (Lipinski definition) is 9. The Morgan fingerprint density at radius 2 is 2.06 bits per heavy atom. The van der Waals surface area contributed by atoms with Crippen molar-refractivity contribution in [2.75, 3.05) is 19.5 Å². The molecule has 36 heavy (non-hydrogen) atoms. The third-order valence-corrected chi connectivity index (χ3v) is 6.70. The highest BCUT2D eigenvalue weighted by Gasteiger charge is 2.22. The number of nitrogens with one attached hydrogen (secondary N) is 2. The van der Waals surface area contributed by atoms with Crippen LogP contribution in [0.4, 0.5) is 10.1 Å². The molecule has 0 radical (unpaired) electrons. The van der Waals surface area contributed by atoms with Crippen LogP contribution in [0.3, 0.4) is 0 Å². The maximum Gasteiger partial charge on any atom is 0.336 e. The van der Waals surface area contributed by atoms with Crippen LogP contribution in [0, 0.1) is 33.9 Å². The molecule has 4 aromatic rings. The SMILES string of the molecule is CNc1c(C=N)cncc1-n1c(=O)c2sc(-c3cc(OC)c(F)cc3C#N)cc2n(CCC#N)c1=O. The van der Waals surface area contributed by atoms with E-state index in [9.17, 15) is 19.2 Å². The van der Waals surface area contributed by atoms with Crippen LogP contribution in [0.2, 0.25) is 0 Å². The van der Waals surface area contributed by atoms with Gasteiger partial charge in [0.1, 0.15) is 4.70 Å². The molecule has 3 heterocycles. The summed E-state index contributed by atoms with van der Waals surface area (Å²) in [5.74, 6) is -0.778. The van der Waals surface area contributed by atoms with Gasteiger partial charge in [0.15, 0.2) is 11.6 Å². The molecule has 0 saturated heterocycles. The van der Waals surface area contributed by atoms with Gasteiger partial charge in [-0.1, -0.05) is 0 Å². The number of thiophene rings is 1. The molecule has 0 amide bonds. The predicted octanol–water partition coefficient (Wildman–Crippen LogP) is 3.25. The van der Waals surface area contributed by atoms with Gasteiger partial charge in [0.05, 0.1) is 54.3 Å². The molecule has 10 nitrogen and oxygen atoms in total. The molecule has 0 saturated carbocycles. The Balaban J connectivity index is 2.10. The zero-order valence-corrected chi connectivity index (χ0v) is 19.9. The molecule has 4 rings (SSSR count). The molecule has 12 heteroatoms. The van der Waals surface area contributed by atoms with E-state index in [0.29, 0.717) is 21.7 Å². The van der Waals surface area contributed by atoms with Crippen LogP contribution in [-0.2, 0) is 6.54 Å². The van der Waals surface area contributed by atoms with Crippen molar-refractivity contribution in [3.05, 3.63) is 68.4 Å². The molecule has 180 valence electrons. The number of aromatic nitrogens is 3. The second kappa shape index (κ2) is 9.82. The number of fused-ring (bicyclic) bond motifs is 1. The molecule has 2 N–H and O–H groups in total. The fourth-order valence-electron chi connectivity index (χ4n) is 3.89. The van der Waals surface area contributed by atoms with E-state index in [0.717, 1.165) is 28.2 Å². The van der Waals surface area contributed by atoms with Gasteiger partial charge >= 0.3 is 5.69 Å². The quantitative estimate of drug-likeness (QED) is 0.368. The first-order valence-electron chi connectivity index (χ1n) is 10.5. The van der Waals surface area contributed by atoms with Crippen LogP contribution in [0.1, 0.15) is 17.5 Å². The van der Waals surface area contributed by atoms with Gasteiger partial charge in [0, 0.05) is 42.0 Å². The molecule has 0 aliphatic carbocycles. The summed E-state index contributed by atoms with van der Waals surface area (Å²) in [4.78, 5) is 31.7. The lowest BCUT2D eigenvalue weighted by atomic mass is 10.1. The van der Waals surface area contributed by atoms with E-state index in [1.54, 1.807) is 13.1 Å². The van der Waals surface area contributed by atoms with E-state index in [1.165, 1.54) is 30.1 Å². The lowest BCUT2D eigenvalue weighted by Crippen LogP contribution is -2.39. The normalized spacial score (nSPS) is 10.6. The van der Waals surface area contributed by atoms with Crippen molar-refractivity contribution in [3.8, 4) is 34.0 Å². The van der Waals surface area contributed by atoms with Gasteiger partial charge in [-0.2, -0.15) is 10.5 Å². The van der Waals surface area contributed by atoms with Crippen molar-refractivity contribution in [2.24, 2.45) is 0 Å². The largest absolute Gasteiger partial charge is 0.494 e. The number of benzene rings is 1. The number of halogens is 1. The van der Waals surface area contributed by atoms with Crippen LogP contribution in [-0.4, -0.2) is 34.5 Å². The Morgan fingerprint density at radius 1 is 1.28 bits per heavy atom. The van der Waals surface area contributed by atoms with Crippen molar-refractivity contribution < 1.29 is 9.13 Å². The number of aryl methyl sites for hydroxylation is 1. The molecule has 0 aliphatic rings. The highest BCUT2D eigenvalue weighted by atomic mass is 32.1. The minimum absolute atomic E-state index is 0.00385. The third-order valence-electron chi connectivity index (χ3n) is 5.55. The van der Waals surface area contributed by atoms with Crippen LogP contribution in [0.15, 0.2) is 40.2 Å². The molecule has 0 unspecified atom stereocenters. The number of hydrogen-bond donors (Lipinski definition) is 2. The van der Waals surface area contributed by atoms with Gasteiger partial charge in [-0.05, 0) is 18.2 Å².